The fourth-order valence-electron chi connectivity index (χ4n) is 2.00. The van der Waals surface area contributed by atoms with Gasteiger partial charge in [0, 0.05) is 12.6 Å². The van der Waals surface area contributed by atoms with Crippen molar-refractivity contribution in [3.05, 3.63) is 6.33 Å². The van der Waals surface area contributed by atoms with Crippen LogP contribution in [0.2, 0.25) is 0 Å². The van der Waals surface area contributed by atoms with Gasteiger partial charge in [-0.3, -0.25) is 4.79 Å². The Balaban J connectivity index is 1.80. The molecule has 0 radical (unpaired) electrons. The van der Waals surface area contributed by atoms with Crippen molar-refractivity contribution in [2.24, 2.45) is 0 Å². The summed E-state index contributed by atoms with van der Waals surface area (Å²) in [7, 11) is 0. The first-order chi connectivity index (χ1) is 10.2. The molecule has 112 valence electrons. The van der Waals surface area contributed by atoms with Crippen molar-refractivity contribution in [1.29, 1.82) is 0 Å². The third-order valence-electron chi connectivity index (χ3n) is 3.29. The summed E-state index contributed by atoms with van der Waals surface area (Å²) >= 11 is 0. The van der Waals surface area contributed by atoms with Gasteiger partial charge < -0.3 is 20.9 Å². The number of fused-ring (bicyclic) bond motifs is 1. The predicted molar refractivity (Wildman–Crippen MR) is 80.1 cm³/mol. The van der Waals surface area contributed by atoms with Crippen LogP contribution in [0.25, 0.3) is 11.2 Å². The number of nitrogens with zero attached hydrogens (tertiary/aromatic N) is 3. The van der Waals surface area contributed by atoms with E-state index in [1.807, 2.05) is 13.8 Å². The molecule has 1 fully saturated rings. The zero-order chi connectivity index (χ0) is 14.8. The zero-order valence-corrected chi connectivity index (χ0v) is 12.1. The second-order valence-corrected chi connectivity index (χ2v) is 5.18. The number of amides is 1. The van der Waals surface area contributed by atoms with Gasteiger partial charge in [0.25, 0.3) is 0 Å². The molecule has 2 aromatic heterocycles. The molecule has 2 heterocycles. The van der Waals surface area contributed by atoms with E-state index < -0.39 is 0 Å². The number of rotatable bonds is 6. The van der Waals surface area contributed by atoms with Gasteiger partial charge in [0.1, 0.15) is 11.6 Å². The van der Waals surface area contributed by atoms with E-state index in [9.17, 15) is 4.79 Å². The molecular formula is C13H19N7O. The number of imidazole rings is 1. The molecule has 1 amide bonds. The lowest BCUT2D eigenvalue weighted by atomic mass is 10.3. The zero-order valence-electron chi connectivity index (χ0n) is 12.1. The Morgan fingerprint density at radius 3 is 3.00 bits per heavy atom. The number of carbonyl (C=O) groups excluding carboxylic acids is 1. The second-order valence-electron chi connectivity index (χ2n) is 5.18. The van der Waals surface area contributed by atoms with Crippen LogP contribution < -0.4 is 16.0 Å². The third kappa shape index (κ3) is 3.04. The first-order valence-corrected chi connectivity index (χ1v) is 7.19. The molecule has 1 unspecified atom stereocenters. The van der Waals surface area contributed by atoms with Crippen molar-refractivity contribution in [2.75, 3.05) is 17.2 Å². The van der Waals surface area contributed by atoms with Crippen LogP contribution in [-0.2, 0) is 4.79 Å². The normalized spacial score (nSPS) is 15.7. The maximum atomic E-state index is 12.0. The lowest BCUT2D eigenvalue weighted by Crippen LogP contribution is -2.39. The average Bonchev–Trinajstić information content (AvgIpc) is 3.13. The van der Waals surface area contributed by atoms with Gasteiger partial charge in [0.05, 0.1) is 6.33 Å². The predicted octanol–water partition coefficient (Wildman–Crippen LogP) is 0.864. The minimum atomic E-state index is -0.374. The van der Waals surface area contributed by atoms with Crippen molar-refractivity contribution < 1.29 is 4.79 Å². The Morgan fingerprint density at radius 2 is 2.29 bits per heavy atom. The van der Waals surface area contributed by atoms with E-state index in [0.29, 0.717) is 35.5 Å². The molecular weight excluding hydrogens is 270 g/mol. The van der Waals surface area contributed by atoms with E-state index >= 15 is 0 Å². The summed E-state index contributed by atoms with van der Waals surface area (Å²) in [6.45, 7) is 4.50. The highest BCUT2D eigenvalue weighted by Gasteiger charge is 2.26. The molecule has 4 N–H and O–H groups in total. The minimum Gasteiger partial charge on any atom is -0.357 e. The van der Waals surface area contributed by atoms with Crippen molar-refractivity contribution in [3.63, 3.8) is 0 Å². The van der Waals surface area contributed by atoms with Gasteiger partial charge in [0.15, 0.2) is 11.5 Å². The molecule has 0 spiro atoms. The number of H-pyrrole nitrogens is 1. The quantitative estimate of drug-likeness (QED) is 0.628. The second kappa shape index (κ2) is 5.55. The Bertz CT molecular complexity index is 649. The van der Waals surface area contributed by atoms with E-state index in [4.69, 9.17) is 0 Å². The number of aromatic amines is 1. The molecule has 0 aliphatic heterocycles. The number of carbonyl (C=O) groups is 1. The highest BCUT2D eigenvalue weighted by Crippen LogP contribution is 2.21. The summed E-state index contributed by atoms with van der Waals surface area (Å²) in [5.41, 5.74) is 1.26. The molecule has 2 aromatic rings. The average molecular weight is 289 g/mol. The fraction of sp³-hybridized carbons (Fsp3) is 0.538. The van der Waals surface area contributed by atoms with Gasteiger partial charge >= 0.3 is 0 Å². The topological polar surface area (TPSA) is 108 Å². The van der Waals surface area contributed by atoms with Crippen LogP contribution in [-0.4, -0.2) is 44.5 Å². The Morgan fingerprint density at radius 1 is 1.48 bits per heavy atom. The maximum Gasteiger partial charge on any atom is 0.242 e. The van der Waals surface area contributed by atoms with Crippen LogP contribution in [0.4, 0.5) is 11.8 Å². The van der Waals surface area contributed by atoms with Crippen molar-refractivity contribution in [3.8, 4) is 0 Å². The summed E-state index contributed by atoms with van der Waals surface area (Å²) in [4.78, 5) is 27.9. The van der Waals surface area contributed by atoms with Crippen molar-refractivity contribution >= 4 is 28.8 Å². The molecule has 1 saturated carbocycles. The van der Waals surface area contributed by atoms with Crippen LogP contribution in [0.3, 0.4) is 0 Å². The molecule has 1 aliphatic carbocycles. The summed E-state index contributed by atoms with van der Waals surface area (Å²) < 4.78 is 0. The summed E-state index contributed by atoms with van der Waals surface area (Å²) in [6.07, 6.45) is 3.71. The van der Waals surface area contributed by atoms with E-state index in [-0.39, 0.29) is 11.9 Å². The van der Waals surface area contributed by atoms with Crippen molar-refractivity contribution in [1.82, 2.24) is 25.3 Å². The highest BCUT2D eigenvalue weighted by molar-refractivity contribution is 5.89. The van der Waals surface area contributed by atoms with Gasteiger partial charge in [-0.05, 0) is 26.7 Å². The SMILES string of the molecule is CCNc1nc(NC(C)C(=O)NC2CC2)c2[nH]cnc2n1. The summed E-state index contributed by atoms with van der Waals surface area (Å²) in [5, 5.41) is 9.16. The fourth-order valence-corrected chi connectivity index (χ4v) is 2.00. The summed E-state index contributed by atoms with van der Waals surface area (Å²) in [6, 6.07) is -0.0295. The molecule has 0 bridgehead atoms. The van der Waals surface area contributed by atoms with Gasteiger partial charge in [-0.25, -0.2) is 4.98 Å². The molecule has 21 heavy (non-hydrogen) atoms. The third-order valence-corrected chi connectivity index (χ3v) is 3.29. The van der Waals surface area contributed by atoms with Crippen LogP contribution in [0.1, 0.15) is 26.7 Å². The Labute approximate surface area is 122 Å². The molecule has 0 aromatic carbocycles. The lowest BCUT2D eigenvalue weighted by Gasteiger charge is -2.15. The number of nitrogens with one attached hydrogen (secondary N) is 4. The van der Waals surface area contributed by atoms with E-state index in [1.54, 1.807) is 6.33 Å². The first-order valence-electron chi connectivity index (χ1n) is 7.19. The highest BCUT2D eigenvalue weighted by atomic mass is 16.2. The van der Waals surface area contributed by atoms with Gasteiger partial charge in [-0.2, -0.15) is 9.97 Å². The van der Waals surface area contributed by atoms with Gasteiger partial charge in [-0.1, -0.05) is 0 Å². The van der Waals surface area contributed by atoms with Crippen LogP contribution >= 0.6 is 0 Å². The molecule has 1 atom stereocenters. The van der Waals surface area contributed by atoms with E-state index in [2.05, 4.69) is 35.9 Å². The molecule has 1 aliphatic rings. The standard InChI is InChI=1S/C13H19N7O/c1-3-14-13-19-10-9(15-6-16-10)11(20-13)17-7(2)12(21)18-8-4-5-8/h6-8H,3-5H2,1-2H3,(H,18,21)(H3,14,15,16,17,19,20). The molecule has 0 saturated heterocycles. The lowest BCUT2D eigenvalue weighted by molar-refractivity contribution is -0.121. The van der Waals surface area contributed by atoms with E-state index in [0.717, 1.165) is 12.8 Å². The van der Waals surface area contributed by atoms with Gasteiger partial charge in [-0.15, -0.1) is 0 Å². The summed E-state index contributed by atoms with van der Waals surface area (Å²) in [5.74, 6) is 1.05. The van der Waals surface area contributed by atoms with E-state index in [1.165, 1.54) is 0 Å². The van der Waals surface area contributed by atoms with Crippen LogP contribution in [0.5, 0.6) is 0 Å². The monoisotopic (exact) mass is 289 g/mol. The maximum absolute atomic E-state index is 12.0. The van der Waals surface area contributed by atoms with Crippen LogP contribution in [0.15, 0.2) is 6.33 Å². The number of aromatic nitrogens is 4. The Kier molecular flexibility index (Phi) is 3.59. The van der Waals surface area contributed by atoms with Crippen molar-refractivity contribution in [2.45, 2.75) is 38.8 Å². The minimum absolute atomic E-state index is 0.0196. The molecule has 3 rings (SSSR count). The number of hydrogen-bond acceptors (Lipinski definition) is 6. The number of anilines is 2. The van der Waals surface area contributed by atoms with Crippen LogP contribution in [0, 0.1) is 0 Å². The molecule has 8 nitrogen and oxygen atoms in total. The largest absolute Gasteiger partial charge is 0.357 e. The Hall–Kier alpha value is -2.38. The number of hydrogen-bond donors (Lipinski definition) is 4. The molecule has 8 heteroatoms. The van der Waals surface area contributed by atoms with Gasteiger partial charge in [0.2, 0.25) is 11.9 Å². The smallest absolute Gasteiger partial charge is 0.242 e. The first kappa shape index (κ1) is 13.6.